The van der Waals surface area contributed by atoms with E-state index in [1.165, 1.54) is 0 Å². The largest absolute Gasteiger partial charge is 0.211 e. The van der Waals surface area contributed by atoms with Crippen LogP contribution in [-0.2, 0) is 0 Å². The molecule has 0 aliphatic heterocycles. The Labute approximate surface area is 72.8 Å². The van der Waals surface area contributed by atoms with Crippen LogP contribution in [0.3, 0.4) is 0 Å². The van der Waals surface area contributed by atoms with Gasteiger partial charge in [-0.3, -0.25) is 0 Å². The predicted molar refractivity (Wildman–Crippen MR) is 50.5 cm³/mol. The van der Waals surface area contributed by atoms with E-state index in [0.29, 0.717) is 12.0 Å². The fourth-order valence-corrected chi connectivity index (χ4v) is 1.14. The van der Waals surface area contributed by atoms with E-state index in [1.54, 1.807) is 6.08 Å². The van der Waals surface area contributed by atoms with Gasteiger partial charge >= 0.3 is 0 Å². The van der Waals surface area contributed by atoms with Crippen LogP contribution in [0, 0.1) is 0 Å². The van der Waals surface area contributed by atoms with Gasteiger partial charge in [-0.2, -0.15) is 0 Å². The lowest BCUT2D eigenvalue weighted by molar-refractivity contribution is 0.584. The molecular formula is C11H13F. The predicted octanol–water partition coefficient (Wildman–Crippen LogP) is 3.69. The maximum atomic E-state index is 13.3. The number of allylic oxidation sites excluding steroid dienone is 7. The van der Waals surface area contributed by atoms with Crippen LogP contribution >= 0.6 is 0 Å². The van der Waals surface area contributed by atoms with Crippen molar-refractivity contribution in [1.29, 1.82) is 0 Å². The van der Waals surface area contributed by atoms with Crippen LogP contribution in [0.2, 0.25) is 0 Å². The van der Waals surface area contributed by atoms with E-state index in [2.05, 4.69) is 6.58 Å². The lowest BCUT2D eigenvalue weighted by Gasteiger charge is -2.05. The zero-order chi connectivity index (χ0) is 8.97. The first kappa shape index (κ1) is 8.98. The molecule has 0 atom stereocenters. The molecule has 1 aliphatic carbocycles. The van der Waals surface area contributed by atoms with Crippen LogP contribution in [0.1, 0.15) is 19.8 Å². The molecule has 0 N–H and O–H groups in total. The highest BCUT2D eigenvalue weighted by Crippen LogP contribution is 2.21. The molecule has 0 aromatic carbocycles. The number of hydrogen-bond donors (Lipinski definition) is 0. The fourth-order valence-electron chi connectivity index (χ4n) is 1.14. The standard InChI is InChI=1S/C11H13F/c1-9(2)10-7-5-3-4-6-8-11(10)12/h3-5,7H,1,6,8H2,2H3/b4-3+,7-5?,11-10?. The molecule has 0 heterocycles. The summed E-state index contributed by atoms with van der Waals surface area (Å²) >= 11 is 0. The van der Waals surface area contributed by atoms with Crippen molar-refractivity contribution in [2.75, 3.05) is 0 Å². The van der Waals surface area contributed by atoms with Gasteiger partial charge < -0.3 is 0 Å². The highest BCUT2D eigenvalue weighted by molar-refractivity contribution is 5.40. The van der Waals surface area contributed by atoms with Gasteiger partial charge in [0.1, 0.15) is 5.83 Å². The van der Waals surface area contributed by atoms with E-state index >= 15 is 0 Å². The van der Waals surface area contributed by atoms with E-state index in [0.717, 1.165) is 12.0 Å². The zero-order valence-corrected chi connectivity index (χ0v) is 7.31. The van der Waals surface area contributed by atoms with E-state index in [4.69, 9.17) is 0 Å². The summed E-state index contributed by atoms with van der Waals surface area (Å²) < 4.78 is 13.3. The number of hydrogen-bond acceptors (Lipinski definition) is 0. The Morgan fingerprint density at radius 2 is 2.25 bits per heavy atom. The summed E-state index contributed by atoms with van der Waals surface area (Å²) in [7, 11) is 0. The molecule has 0 bridgehead atoms. The molecule has 0 aromatic heterocycles. The topological polar surface area (TPSA) is 0 Å². The van der Waals surface area contributed by atoms with Crippen molar-refractivity contribution in [1.82, 2.24) is 0 Å². The van der Waals surface area contributed by atoms with E-state index in [9.17, 15) is 4.39 Å². The third-order valence-electron chi connectivity index (χ3n) is 1.79. The van der Waals surface area contributed by atoms with E-state index in [-0.39, 0.29) is 5.83 Å². The summed E-state index contributed by atoms with van der Waals surface area (Å²) in [6.07, 6.45) is 8.78. The Kier molecular flexibility index (Phi) is 3.03. The van der Waals surface area contributed by atoms with Crippen LogP contribution in [0.4, 0.5) is 4.39 Å². The lowest BCUT2D eigenvalue weighted by Crippen LogP contribution is -1.87. The molecule has 1 rings (SSSR count). The lowest BCUT2D eigenvalue weighted by atomic mass is 10.0. The maximum absolute atomic E-state index is 13.3. The Morgan fingerprint density at radius 3 is 2.92 bits per heavy atom. The van der Waals surface area contributed by atoms with Gasteiger partial charge in [0.2, 0.25) is 0 Å². The molecule has 0 amide bonds. The highest BCUT2D eigenvalue weighted by atomic mass is 19.1. The molecule has 0 saturated carbocycles. The average Bonchev–Trinajstić information content (AvgIpc) is 1.96. The SMILES string of the molecule is C=C(C)C1=C(F)CC/C=C/C=C1. The minimum absolute atomic E-state index is 0.0527. The quantitative estimate of drug-likeness (QED) is 0.554. The second-order valence-electron chi connectivity index (χ2n) is 2.92. The normalized spacial score (nSPS) is 20.2. The van der Waals surface area contributed by atoms with E-state index in [1.807, 2.05) is 25.2 Å². The van der Waals surface area contributed by atoms with Gasteiger partial charge in [-0.15, -0.1) is 0 Å². The van der Waals surface area contributed by atoms with Gasteiger partial charge in [0.05, 0.1) is 0 Å². The number of halogens is 1. The Balaban J connectivity index is 2.96. The molecule has 0 unspecified atom stereocenters. The first-order valence-corrected chi connectivity index (χ1v) is 4.09. The van der Waals surface area contributed by atoms with Crippen molar-refractivity contribution in [2.45, 2.75) is 19.8 Å². The van der Waals surface area contributed by atoms with Crippen LogP contribution in [0.5, 0.6) is 0 Å². The van der Waals surface area contributed by atoms with Crippen LogP contribution in [0.25, 0.3) is 0 Å². The smallest absolute Gasteiger partial charge is 0.108 e. The Morgan fingerprint density at radius 1 is 1.50 bits per heavy atom. The van der Waals surface area contributed by atoms with Gasteiger partial charge in [0.15, 0.2) is 0 Å². The van der Waals surface area contributed by atoms with Gasteiger partial charge in [0, 0.05) is 12.0 Å². The summed E-state index contributed by atoms with van der Waals surface area (Å²) in [4.78, 5) is 0. The molecule has 12 heavy (non-hydrogen) atoms. The molecule has 1 heteroatoms. The minimum atomic E-state index is -0.0527. The van der Waals surface area contributed by atoms with Crippen molar-refractivity contribution in [2.24, 2.45) is 0 Å². The molecule has 0 fully saturated rings. The summed E-state index contributed by atoms with van der Waals surface area (Å²) in [5, 5.41) is 0. The Hall–Kier alpha value is -1.11. The van der Waals surface area contributed by atoms with Gasteiger partial charge in [-0.05, 0) is 18.9 Å². The van der Waals surface area contributed by atoms with Gasteiger partial charge in [-0.25, -0.2) is 4.39 Å². The molecule has 0 aromatic rings. The summed E-state index contributed by atoms with van der Waals surface area (Å²) in [5.41, 5.74) is 1.44. The maximum Gasteiger partial charge on any atom is 0.108 e. The zero-order valence-electron chi connectivity index (χ0n) is 7.31. The third kappa shape index (κ3) is 2.19. The van der Waals surface area contributed by atoms with Crippen LogP contribution in [-0.4, -0.2) is 0 Å². The van der Waals surface area contributed by atoms with Crippen molar-refractivity contribution >= 4 is 0 Å². The second kappa shape index (κ2) is 4.05. The van der Waals surface area contributed by atoms with Crippen molar-refractivity contribution in [3.8, 4) is 0 Å². The molecule has 0 saturated heterocycles. The van der Waals surface area contributed by atoms with Gasteiger partial charge in [-0.1, -0.05) is 30.9 Å². The average molecular weight is 164 g/mol. The minimum Gasteiger partial charge on any atom is -0.211 e. The van der Waals surface area contributed by atoms with Crippen molar-refractivity contribution in [3.63, 3.8) is 0 Å². The fraction of sp³-hybridized carbons (Fsp3) is 0.273. The first-order valence-electron chi connectivity index (χ1n) is 4.09. The van der Waals surface area contributed by atoms with E-state index < -0.39 is 0 Å². The highest BCUT2D eigenvalue weighted by Gasteiger charge is 2.04. The van der Waals surface area contributed by atoms with Crippen LogP contribution < -0.4 is 0 Å². The second-order valence-corrected chi connectivity index (χ2v) is 2.92. The Bertz CT molecular complexity index is 267. The first-order chi connectivity index (χ1) is 5.72. The monoisotopic (exact) mass is 164 g/mol. The summed E-state index contributed by atoms with van der Waals surface area (Å²) in [6.45, 7) is 5.55. The summed E-state index contributed by atoms with van der Waals surface area (Å²) in [5.74, 6) is -0.0527. The molecule has 0 radical (unpaired) electrons. The molecule has 0 spiro atoms. The summed E-state index contributed by atoms with van der Waals surface area (Å²) in [6, 6.07) is 0. The van der Waals surface area contributed by atoms with Crippen molar-refractivity contribution in [3.05, 3.63) is 47.9 Å². The third-order valence-corrected chi connectivity index (χ3v) is 1.79. The molecule has 0 nitrogen and oxygen atoms in total. The molecular weight excluding hydrogens is 151 g/mol. The van der Waals surface area contributed by atoms with Gasteiger partial charge in [0.25, 0.3) is 0 Å². The van der Waals surface area contributed by atoms with Crippen LogP contribution in [0.15, 0.2) is 47.9 Å². The molecule has 64 valence electrons. The molecule has 1 aliphatic rings. The number of rotatable bonds is 1. The van der Waals surface area contributed by atoms with Crippen molar-refractivity contribution < 1.29 is 4.39 Å².